The largest absolute Gasteiger partial charge is 0.493 e. The highest BCUT2D eigenvalue weighted by molar-refractivity contribution is 7.91. The van der Waals surface area contributed by atoms with Gasteiger partial charge < -0.3 is 18.8 Å². The molecule has 1 saturated heterocycles. The van der Waals surface area contributed by atoms with E-state index in [1.807, 2.05) is 41.6 Å². The van der Waals surface area contributed by atoms with Crippen LogP contribution in [0.4, 0.5) is 0 Å². The number of nitrogens with zero attached hydrogens (tertiary/aromatic N) is 4. The molecule has 10 heteroatoms. The third kappa shape index (κ3) is 6.70. The van der Waals surface area contributed by atoms with Gasteiger partial charge in [0.25, 0.3) is 5.91 Å². The third-order valence-electron chi connectivity index (χ3n) is 6.28. The van der Waals surface area contributed by atoms with Gasteiger partial charge in [-0.15, -0.1) is 0 Å². The number of amides is 1. The zero-order valence-electron chi connectivity index (χ0n) is 20.9. The highest BCUT2D eigenvalue weighted by Gasteiger charge is 2.22. The first-order valence-corrected chi connectivity index (χ1v) is 13.1. The molecule has 9 nitrogen and oxygen atoms in total. The van der Waals surface area contributed by atoms with Gasteiger partial charge in [-0.25, -0.2) is 9.31 Å². The molecule has 0 bridgehead atoms. The van der Waals surface area contributed by atoms with E-state index < -0.39 is 0 Å². The third-order valence-corrected chi connectivity index (χ3v) is 6.88. The van der Waals surface area contributed by atoms with Crippen molar-refractivity contribution in [1.82, 2.24) is 14.2 Å². The smallest absolute Gasteiger partial charge is 0.273 e. The lowest BCUT2D eigenvalue weighted by molar-refractivity contribution is 0.0751. The molecule has 0 unspecified atom stereocenters. The van der Waals surface area contributed by atoms with Gasteiger partial charge in [-0.05, 0) is 62.2 Å². The molecule has 0 aromatic heterocycles. The second-order valence-electron chi connectivity index (χ2n) is 8.60. The molecule has 2 aromatic rings. The number of carbonyl (C=O) groups is 1. The number of hydrogen-bond donors (Lipinski definition) is 1. The van der Waals surface area contributed by atoms with Crippen molar-refractivity contribution in [2.24, 2.45) is 5.10 Å². The molecule has 2 aliphatic heterocycles. The fourth-order valence-electron chi connectivity index (χ4n) is 4.29. The summed E-state index contributed by atoms with van der Waals surface area (Å²) < 4.78 is 28.0. The van der Waals surface area contributed by atoms with Crippen molar-refractivity contribution < 1.29 is 23.6 Å². The molecular formula is C26H34N4O5S. The number of hydrogen-bond acceptors (Lipinski definition) is 9. The topological polar surface area (TPSA) is 87.1 Å². The highest BCUT2D eigenvalue weighted by Crippen LogP contribution is 2.29. The van der Waals surface area contributed by atoms with Gasteiger partial charge in [-0.2, -0.15) is 5.10 Å². The van der Waals surface area contributed by atoms with E-state index in [4.69, 9.17) is 18.8 Å². The summed E-state index contributed by atoms with van der Waals surface area (Å²) >= 11 is 0.811. The maximum atomic E-state index is 13.1. The number of benzene rings is 2. The standard InChI is InChI=1S/C26H34N4O5S/c1-3-34-25-19-21(8-11-24(25)33-2)23-5-4-12-30(27-23)26(31)20-6-9-22(10-7-20)35-18-17-28-13-15-29(36-32)16-14-28/h6-11,19,32H,3-5,12-18H2,1-2H3. The minimum Gasteiger partial charge on any atom is -0.493 e. The van der Waals surface area contributed by atoms with Crippen molar-refractivity contribution >= 4 is 23.8 Å². The number of methoxy groups -OCH3 is 1. The van der Waals surface area contributed by atoms with Crippen molar-refractivity contribution in [2.45, 2.75) is 19.8 Å². The van der Waals surface area contributed by atoms with Gasteiger partial charge in [-0.3, -0.25) is 9.69 Å². The van der Waals surface area contributed by atoms with Crippen LogP contribution < -0.4 is 14.2 Å². The number of carbonyl (C=O) groups excluding carboxylic acids is 1. The second kappa shape index (κ2) is 13.0. The zero-order valence-corrected chi connectivity index (χ0v) is 21.7. The van der Waals surface area contributed by atoms with Crippen LogP contribution in [0.25, 0.3) is 0 Å². The maximum Gasteiger partial charge on any atom is 0.273 e. The molecule has 0 aliphatic carbocycles. The SMILES string of the molecule is CCOc1cc(C2=NN(C(=O)c3ccc(OCCN4CCN(SO)CC4)cc3)CCC2)ccc1OC. The van der Waals surface area contributed by atoms with Crippen LogP contribution in [-0.4, -0.2) is 90.0 Å². The molecule has 1 amide bonds. The van der Waals surface area contributed by atoms with E-state index in [0.29, 0.717) is 36.8 Å². The van der Waals surface area contributed by atoms with Gasteiger partial charge in [0.15, 0.2) is 11.5 Å². The average molecular weight is 515 g/mol. The monoisotopic (exact) mass is 514 g/mol. The van der Waals surface area contributed by atoms with E-state index in [1.54, 1.807) is 24.3 Å². The Hall–Kier alpha value is -2.79. The Labute approximate surface area is 216 Å². The molecule has 36 heavy (non-hydrogen) atoms. The summed E-state index contributed by atoms with van der Waals surface area (Å²) in [6, 6.07) is 13.0. The molecule has 4 rings (SSSR count). The fourth-order valence-corrected chi connectivity index (χ4v) is 4.61. The van der Waals surface area contributed by atoms with Gasteiger partial charge in [0.05, 0.1) is 31.7 Å². The van der Waals surface area contributed by atoms with Gasteiger partial charge in [0, 0.05) is 50.4 Å². The number of ether oxygens (including phenoxy) is 3. The van der Waals surface area contributed by atoms with Crippen LogP contribution >= 0.6 is 12.2 Å². The van der Waals surface area contributed by atoms with Gasteiger partial charge in [0.1, 0.15) is 12.4 Å². The zero-order chi connectivity index (χ0) is 25.3. The van der Waals surface area contributed by atoms with E-state index in [1.165, 1.54) is 0 Å². The fraction of sp³-hybridized carbons (Fsp3) is 0.462. The summed E-state index contributed by atoms with van der Waals surface area (Å²) in [7, 11) is 1.62. The lowest BCUT2D eigenvalue weighted by Crippen LogP contribution is -2.44. The van der Waals surface area contributed by atoms with Crippen molar-refractivity contribution in [3.8, 4) is 17.2 Å². The summed E-state index contributed by atoms with van der Waals surface area (Å²) in [5.74, 6) is 1.96. The molecule has 1 fully saturated rings. The summed E-state index contributed by atoms with van der Waals surface area (Å²) in [4.78, 5) is 15.4. The number of hydrazone groups is 1. The van der Waals surface area contributed by atoms with E-state index in [2.05, 4.69) is 10.0 Å². The van der Waals surface area contributed by atoms with Gasteiger partial charge in [0.2, 0.25) is 0 Å². The van der Waals surface area contributed by atoms with Crippen LogP contribution in [0.2, 0.25) is 0 Å². The Balaban J connectivity index is 1.34. The first kappa shape index (κ1) is 26.3. The van der Waals surface area contributed by atoms with Crippen molar-refractivity contribution in [1.29, 1.82) is 0 Å². The van der Waals surface area contributed by atoms with Crippen LogP contribution in [0.15, 0.2) is 47.6 Å². The van der Waals surface area contributed by atoms with Crippen LogP contribution in [0.5, 0.6) is 17.2 Å². The Bertz CT molecular complexity index is 1040. The molecule has 2 aromatic carbocycles. The van der Waals surface area contributed by atoms with Crippen molar-refractivity contribution in [3.05, 3.63) is 53.6 Å². The quantitative estimate of drug-likeness (QED) is 0.378. The van der Waals surface area contributed by atoms with E-state index in [9.17, 15) is 4.79 Å². The lowest BCUT2D eigenvalue weighted by Gasteiger charge is -2.32. The predicted octanol–water partition coefficient (Wildman–Crippen LogP) is 3.85. The lowest BCUT2D eigenvalue weighted by atomic mass is 10.0. The summed E-state index contributed by atoms with van der Waals surface area (Å²) in [5.41, 5.74) is 2.36. The molecule has 2 heterocycles. The molecule has 0 atom stereocenters. The first-order valence-electron chi connectivity index (χ1n) is 12.3. The van der Waals surface area contributed by atoms with Crippen LogP contribution in [0, 0.1) is 0 Å². The molecule has 194 valence electrons. The predicted molar refractivity (Wildman–Crippen MR) is 141 cm³/mol. The first-order chi connectivity index (χ1) is 17.6. The molecule has 0 radical (unpaired) electrons. The average Bonchev–Trinajstić information content (AvgIpc) is 2.93. The normalized spacial score (nSPS) is 17.0. The van der Waals surface area contributed by atoms with E-state index in [-0.39, 0.29) is 5.91 Å². The van der Waals surface area contributed by atoms with Gasteiger partial charge >= 0.3 is 0 Å². The Morgan fingerprint density at radius 3 is 2.50 bits per heavy atom. The highest BCUT2D eigenvalue weighted by atomic mass is 32.2. The van der Waals surface area contributed by atoms with E-state index >= 15 is 0 Å². The minimum atomic E-state index is -0.128. The van der Waals surface area contributed by atoms with E-state index in [0.717, 1.165) is 74.8 Å². The summed E-state index contributed by atoms with van der Waals surface area (Å²) in [6.07, 6.45) is 1.63. The molecular weight excluding hydrogens is 480 g/mol. The summed E-state index contributed by atoms with van der Waals surface area (Å²) in [5, 5.41) is 6.21. The van der Waals surface area contributed by atoms with Crippen molar-refractivity contribution in [3.63, 3.8) is 0 Å². The van der Waals surface area contributed by atoms with Crippen LogP contribution in [0.3, 0.4) is 0 Å². The molecule has 2 aliphatic rings. The van der Waals surface area contributed by atoms with Crippen LogP contribution in [-0.2, 0) is 0 Å². The molecule has 1 N–H and O–H groups in total. The molecule has 0 saturated carbocycles. The Morgan fingerprint density at radius 2 is 1.81 bits per heavy atom. The Morgan fingerprint density at radius 1 is 1.03 bits per heavy atom. The summed E-state index contributed by atoms with van der Waals surface area (Å²) in [6.45, 7) is 7.95. The Kier molecular flexibility index (Phi) is 9.46. The molecule has 0 spiro atoms. The van der Waals surface area contributed by atoms with Crippen LogP contribution in [0.1, 0.15) is 35.7 Å². The second-order valence-corrected chi connectivity index (χ2v) is 9.28. The van der Waals surface area contributed by atoms with Crippen molar-refractivity contribution in [2.75, 3.05) is 59.6 Å². The number of piperazine rings is 1. The number of rotatable bonds is 10. The maximum absolute atomic E-state index is 13.1. The minimum absolute atomic E-state index is 0.128. The van der Waals surface area contributed by atoms with Gasteiger partial charge in [-0.1, -0.05) is 0 Å².